The van der Waals surface area contributed by atoms with Crippen LogP contribution in [0.5, 0.6) is 17.2 Å². The standard InChI is InChI=1S/3C23H25FN4O3/c3*1-15(31-18-6-4-5-17(24)13-18)19-11-16(23(29)27(2)3)12-20-22(19)26-21(14-25-20)28-7-9-30-10-8-28/h3*4-6,11-15H,7-10H2,1-3H3. The fourth-order valence-corrected chi connectivity index (χ4v) is 10.7. The second-order valence-electron chi connectivity index (χ2n) is 23.0. The maximum absolute atomic E-state index is 13.6. The molecule has 3 saturated heterocycles. The number of hydrogen-bond acceptors (Lipinski definition) is 18. The number of ether oxygens (including phenoxy) is 6. The Morgan fingerprint density at radius 3 is 0.903 bits per heavy atom. The van der Waals surface area contributed by atoms with E-state index in [-0.39, 0.29) is 35.2 Å². The summed E-state index contributed by atoms with van der Waals surface area (Å²) < 4.78 is 75.2. The normalized spacial score (nSPS) is 15.0. The van der Waals surface area contributed by atoms with Gasteiger partial charge in [-0.3, -0.25) is 29.3 Å². The Balaban J connectivity index is 0.000000153. The van der Waals surface area contributed by atoms with Gasteiger partial charge in [0.25, 0.3) is 17.7 Å². The lowest BCUT2D eigenvalue weighted by molar-refractivity contribution is 0.0820. The predicted molar refractivity (Wildman–Crippen MR) is 348 cm³/mol. The largest absolute Gasteiger partial charge is 0.486 e. The first-order chi connectivity index (χ1) is 44.8. The van der Waals surface area contributed by atoms with Crippen LogP contribution in [0, 0.1) is 17.5 Å². The Hall–Kier alpha value is -9.78. The molecule has 3 fully saturated rings. The van der Waals surface area contributed by atoms with Crippen LogP contribution < -0.4 is 28.9 Å². The number of morpholine rings is 3. The van der Waals surface area contributed by atoms with Gasteiger partial charge in [-0.25, -0.2) is 28.1 Å². The number of amides is 3. The molecule has 3 unspecified atom stereocenters. The third-order valence-electron chi connectivity index (χ3n) is 15.6. The molecule has 0 spiro atoms. The van der Waals surface area contributed by atoms with Crippen LogP contribution in [0.1, 0.15) is 86.8 Å². The molecule has 0 saturated carbocycles. The van der Waals surface area contributed by atoms with E-state index >= 15 is 0 Å². The van der Waals surface area contributed by atoms with Gasteiger partial charge in [0, 0.05) is 133 Å². The predicted octanol–water partition coefficient (Wildman–Crippen LogP) is 10.3. The van der Waals surface area contributed by atoms with Crippen molar-refractivity contribution in [1.29, 1.82) is 0 Å². The van der Waals surface area contributed by atoms with E-state index in [0.29, 0.717) is 107 Å². The molecule has 3 aromatic heterocycles. The van der Waals surface area contributed by atoms with Crippen molar-refractivity contribution in [3.63, 3.8) is 0 Å². The van der Waals surface area contributed by atoms with Crippen LogP contribution in [-0.2, 0) is 14.2 Å². The molecule has 21 nitrogen and oxygen atoms in total. The first kappa shape index (κ1) is 66.2. The maximum atomic E-state index is 13.6. The zero-order chi connectivity index (χ0) is 65.9. The van der Waals surface area contributed by atoms with Crippen molar-refractivity contribution in [3.8, 4) is 17.2 Å². The molecule has 486 valence electrons. The Kier molecular flexibility index (Phi) is 21.4. The average molecular weight is 1270 g/mol. The Morgan fingerprint density at radius 2 is 0.667 bits per heavy atom. The summed E-state index contributed by atoms with van der Waals surface area (Å²) in [5, 5.41) is 0. The van der Waals surface area contributed by atoms with Crippen molar-refractivity contribution in [2.24, 2.45) is 0 Å². The number of rotatable bonds is 15. The third-order valence-corrected chi connectivity index (χ3v) is 15.6. The van der Waals surface area contributed by atoms with Gasteiger partial charge in [-0.1, -0.05) is 18.2 Å². The quantitative estimate of drug-likeness (QED) is 0.0936. The minimum atomic E-state index is -0.478. The van der Waals surface area contributed by atoms with Gasteiger partial charge in [-0.05, 0) is 93.6 Å². The van der Waals surface area contributed by atoms with E-state index in [4.69, 9.17) is 43.4 Å². The van der Waals surface area contributed by atoms with Crippen molar-refractivity contribution in [3.05, 3.63) is 179 Å². The van der Waals surface area contributed by atoms with Crippen molar-refractivity contribution in [2.45, 2.75) is 39.1 Å². The minimum absolute atomic E-state index is 0.139. The smallest absolute Gasteiger partial charge is 0.253 e. The van der Waals surface area contributed by atoms with Gasteiger partial charge in [0.15, 0.2) is 0 Å². The number of fused-ring (bicyclic) bond motifs is 3. The van der Waals surface area contributed by atoms with E-state index in [1.165, 1.54) is 51.1 Å². The van der Waals surface area contributed by atoms with Crippen LogP contribution in [-0.4, -0.2) is 184 Å². The van der Waals surface area contributed by atoms with Crippen LogP contribution in [0.4, 0.5) is 30.6 Å². The van der Waals surface area contributed by atoms with Gasteiger partial charge in [-0.2, -0.15) is 0 Å². The number of benzene rings is 6. The highest BCUT2D eigenvalue weighted by atomic mass is 19.1. The van der Waals surface area contributed by atoms with Gasteiger partial charge >= 0.3 is 0 Å². The molecule has 0 bridgehead atoms. The molecule has 0 N–H and O–H groups in total. The lowest BCUT2D eigenvalue weighted by atomic mass is 10.0. The number of anilines is 3. The number of hydrogen-bond donors (Lipinski definition) is 0. The molecule has 9 aromatic rings. The Morgan fingerprint density at radius 1 is 0.409 bits per heavy atom. The number of aromatic nitrogens is 6. The van der Waals surface area contributed by atoms with E-state index in [9.17, 15) is 27.6 Å². The number of carbonyl (C=O) groups excluding carboxylic acids is 3. The third kappa shape index (κ3) is 16.5. The summed E-state index contributed by atoms with van der Waals surface area (Å²) in [5.74, 6) is 1.93. The zero-order valence-electron chi connectivity index (χ0n) is 53.5. The first-order valence-corrected chi connectivity index (χ1v) is 30.6. The minimum Gasteiger partial charge on any atom is -0.486 e. The molecule has 12 rings (SSSR count). The Bertz CT molecular complexity index is 3710. The van der Waals surface area contributed by atoms with Crippen molar-refractivity contribution in [1.82, 2.24) is 44.6 Å². The molecular weight excluding hydrogens is 1200 g/mol. The van der Waals surface area contributed by atoms with Gasteiger partial charge in [0.1, 0.15) is 70.5 Å². The highest BCUT2D eigenvalue weighted by Gasteiger charge is 2.26. The average Bonchev–Trinajstić information content (AvgIpc) is 0.824. The van der Waals surface area contributed by atoms with E-state index in [1.807, 2.05) is 20.8 Å². The van der Waals surface area contributed by atoms with Crippen molar-refractivity contribution in [2.75, 3.05) is 136 Å². The number of carbonyl (C=O) groups is 3. The highest BCUT2D eigenvalue weighted by Crippen LogP contribution is 2.34. The molecule has 24 heteroatoms. The van der Waals surface area contributed by atoms with E-state index in [2.05, 4.69) is 29.7 Å². The van der Waals surface area contributed by atoms with Crippen LogP contribution in [0.3, 0.4) is 0 Å². The molecule has 93 heavy (non-hydrogen) atoms. The monoisotopic (exact) mass is 1270 g/mol. The summed E-state index contributed by atoms with van der Waals surface area (Å²) in [4.78, 5) is 77.2. The van der Waals surface area contributed by atoms with Crippen LogP contribution in [0.15, 0.2) is 128 Å². The fourth-order valence-electron chi connectivity index (χ4n) is 10.7. The van der Waals surface area contributed by atoms with Gasteiger partial charge in [0.05, 0.1) is 91.3 Å². The van der Waals surface area contributed by atoms with Gasteiger partial charge in [-0.15, -0.1) is 0 Å². The SMILES string of the molecule is CC(Oc1cccc(F)c1)c1cc(C(=O)N(C)C)cc2ncc(N3CCOCC3)nc12.CC(Oc1cccc(F)c1)c1cc(C(=O)N(C)C)cc2ncc(N3CCOCC3)nc12.CC(Oc1cccc(F)c1)c1cc(C(=O)N(C)C)cc2ncc(N3CCOCC3)nc12. The highest BCUT2D eigenvalue weighted by molar-refractivity contribution is 6.00. The molecule has 3 atom stereocenters. The topological polar surface area (TPSA) is 203 Å². The van der Waals surface area contributed by atoms with Crippen LogP contribution >= 0.6 is 0 Å². The van der Waals surface area contributed by atoms with Crippen molar-refractivity contribution >= 4 is 68.3 Å². The molecule has 3 amide bonds. The molecule has 0 aliphatic carbocycles. The molecule has 3 aliphatic heterocycles. The summed E-state index contributed by atoms with van der Waals surface area (Å²) in [6.07, 6.45) is 3.73. The summed E-state index contributed by atoms with van der Waals surface area (Å²) in [6, 6.07) is 28.5. The lowest BCUT2D eigenvalue weighted by Crippen LogP contribution is -2.36. The van der Waals surface area contributed by atoms with E-state index in [1.54, 1.807) is 134 Å². The summed E-state index contributed by atoms with van der Waals surface area (Å²) in [6.45, 7) is 13.8. The molecule has 6 aromatic carbocycles. The Labute approximate surface area is 537 Å². The summed E-state index contributed by atoms with van der Waals surface area (Å²) in [7, 11) is 10.2. The number of nitrogens with zero attached hydrogens (tertiary/aromatic N) is 12. The number of halogens is 3. The zero-order valence-corrected chi connectivity index (χ0v) is 53.5. The second kappa shape index (κ2) is 30.1. The maximum Gasteiger partial charge on any atom is 0.253 e. The van der Waals surface area contributed by atoms with Crippen LogP contribution in [0.25, 0.3) is 33.1 Å². The summed E-state index contributed by atoms with van der Waals surface area (Å²) >= 11 is 0. The first-order valence-electron chi connectivity index (χ1n) is 30.6. The molecular formula is C69H75F3N12O9. The van der Waals surface area contributed by atoms with Gasteiger partial charge < -0.3 is 57.8 Å². The van der Waals surface area contributed by atoms with Gasteiger partial charge in [0.2, 0.25) is 0 Å². The lowest BCUT2D eigenvalue weighted by Gasteiger charge is -2.28. The molecule has 0 radical (unpaired) electrons. The van der Waals surface area contributed by atoms with Crippen molar-refractivity contribution < 1.29 is 56.0 Å². The molecule has 6 heterocycles. The van der Waals surface area contributed by atoms with E-state index < -0.39 is 18.3 Å². The fraction of sp³-hybridized carbons (Fsp3) is 0.348. The summed E-state index contributed by atoms with van der Waals surface area (Å²) in [5.41, 5.74) is 7.42. The van der Waals surface area contributed by atoms with Crippen LogP contribution in [0.2, 0.25) is 0 Å². The molecule has 3 aliphatic rings. The second-order valence-corrected chi connectivity index (χ2v) is 23.0. The van der Waals surface area contributed by atoms with E-state index in [0.717, 1.165) is 73.4 Å².